The Labute approximate surface area is 99.8 Å². The molecule has 96 valence electrons. The summed E-state index contributed by atoms with van der Waals surface area (Å²) in [7, 11) is -3.34. The molecule has 0 bridgehead atoms. The van der Waals surface area contributed by atoms with Gasteiger partial charge in [0.25, 0.3) is 0 Å². The average molecular weight is 260 g/mol. The summed E-state index contributed by atoms with van der Waals surface area (Å²) >= 11 is 0. The third-order valence-electron chi connectivity index (χ3n) is 2.64. The van der Waals surface area contributed by atoms with Gasteiger partial charge in [0.1, 0.15) is 0 Å². The zero-order valence-electron chi connectivity index (χ0n) is 10.0. The van der Waals surface area contributed by atoms with Crippen molar-refractivity contribution in [1.29, 1.82) is 0 Å². The number of sulfonamides is 1. The number of hydrogen-bond acceptors (Lipinski definition) is 6. The van der Waals surface area contributed by atoms with E-state index in [2.05, 4.69) is 14.9 Å². The highest BCUT2D eigenvalue weighted by atomic mass is 32.2. The molecule has 0 unspecified atom stereocenters. The van der Waals surface area contributed by atoms with Gasteiger partial charge in [-0.3, -0.25) is 0 Å². The number of rotatable bonds is 4. The third kappa shape index (κ3) is 2.64. The first-order valence-electron chi connectivity index (χ1n) is 5.25. The van der Waals surface area contributed by atoms with Gasteiger partial charge in [0.2, 0.25) is 15.9 Å². The second kappa shape index (κ2) is 3.50. The number of nitrogens with zero attached hydrogens (tertiary/aromatic N) is 2. The Balaban J connectivity index is 2.24. The number of nitrogens with two attached hydrogens (primary N) is 1. The highest BCUT2D eigenvalue weighted by Gasteiger charge is 2.46. The Kier molecular flexibility index (Phi) is 2.57. The van der Waals surface area contributed by atoms with Crippen molar-refractivity contribution >= 4 is 10.0 Å². The largest absolute Gasteiger partial charge is 0.337 e. The van der Waals surface area contributed by atoms with E-state index in [-0.39, 0.29) is 5.82 Å². The van der Waals surface area contributed by atoms with Gasteiger partial charge >= 0.3 is 0 Å². The Morgan fingerprint density at radius 1 is 1.47 bits per heavy atom. The van der Waals surface area contributed by atoms with Crippen LogP contribution in [0.2, 0.25) is 0 Å². The van der Waals surface area contributed by atoms with Crippen molar-refractivity contribution in [3.63, 3.8) is 0 Å². The maximum Gasteiger partial charge on any atom is 0.246 e. The van der Waals surface area contributed by atoms with Crippen LogP contribution in [0.4, 0.5) is 0 Å². The second-order valence-corrected chi connectivity index (χ2v) is 6.83. The van der Waals surface area contributed by atoms with E-state index in [0.29, 0.717) is 5.89 Å². The zero-order chi connectivity index (χ0) is 12.9. The molecule has 8 heteroatoms. The van der Waals surface area contributed by atoms with Crippen LogP contribution in [0, 0.1) is 0 Å². The molecule has 1 heterocycles. The molecule has 0 saturated heterocycles. The second-order valence-electron chi connectivity index (χ2n) is 5.08. The van der Waals surface area contributed by atoms with Gasteiger partial charge in [-0.15, -0.1) is 0 Å². The Bertz CT molecular complexity index is 530. The SMILES string of the molecule is CC(C)(NS(C)(=O)=O)c1noc(C2(N)CC2)n1. The van der Waals surface area contributed by atoms with E-state index in [1.807, 2.05) is 0 Å². The molecule has 1 aliphatic carbocycles. The molecule has 0 radical (unpaired) electrons. The van der Waals surface area contributed by atoms with E-state index in [1.165, 1.54) is 0 Å². The molecule has 0 aromatic carbocycles. The quantitative estimate of drug-likeness (QED) is 0.775. The Hall–Kier alpha value is -0.990. The summed E-state index contributed by atoms with van der Waals surface area (Å²) in [6, 6.07) is 0. The van der Waals surface area contributed by atoms with Crippen molar-refractivity contribution in [2.24, 2.45) is 5.73 Å². The van der Waals surface area contributed by atoms with Crippen molar-refractivity contribution in [1.82, 2.24) is 14.9 Å². The normalized spacial score (nSPS) is 19.3. The van der Waals surface area contributed by atoms with Crippen molar-refractivity contribution in [2.45, 2.75) is 37.8 Å². The van der Waals surface area contributed by atoms with Crippen molar-refractivity contribution in [3.8, 4) is 0 Å². The molecule has 1 fully saturated rings. The monoisotopic (exact) mass is 260 g/mol. The fourth-order valence-electron chi connectivity index (χ4n) is 1.54. The van der Waals surface area contributed by atoms with Gasteiger partial charge in [-0.1, -0.05) is 5.16 Å². The smallest absolute Gasteiger partial charge is 0.246 e. The molecule has 0 spiro atoms. The lowest BCUT2D eigenvalue weighted by Gasteiger charge is -2.20. The van der Waals surface area contributed by atoms with Crippen molar-refractivity contribution in [3.05, 3.63) is 11.7 Å². The summed E-state index contributed by atoms with van der Waals surface area (Å²) in [5.74, 6) is 0.658. The van der Waals surface area contributed by atoms with E-state index in [9.17, 15) is 8.42 Å². The van der Waals surface area contributed by atoms with E-state index in [0.717, 1.165) is 19.1 Å². The standard InChI is InChI=1S/C9H16N4O3S/c1-8(2,13-17(3,14)15)6-11-7(16-12-6)9(10)4-5-9/h13H,4-5,10H2,1-3H3. The summed E-state index contributed by atoms with van der Waals surface area (Å²) in [5.41, 5.74) is 4.49. The fourth-order valence-corrected chi connectivity index (χ4v) is 2.56. The van der Waals surface area contributed by atoms with Crippen LogP contribution in [0.15, 0.2) is 4.52 Å². The molecular formula is C9H16N4O3S. The molecule has 1 aliphatic rings. The first-order valence-corrected chi connectivity index (χ1v) is 7.14. The van der Waals surface area contributed by atoms with Crippen LogP contribution in [0.25, 0.3) is 0 Å². The maximum atomic E-state index is 11.2. The molecule has 2 rings (SSSR count). The summed E-state index contributed by atoms with van der Waals surface area (Å²) in [6.07, 6.45) is 2.71. The number of aromatic nitrogens is 2. The molecule has 0 atom stereocenters. The van der Waals surface area contributed by atoms with Gasteiger partial charge in [0.15, 0.2) is 5.82 Å². The summed E-state index contributed by atoms with van der Waals surface area (Å²) in [6.45, 7) is 3.33. The number of hydrogen-bond donors (Lipinski definition) is 2. The van der Waals surface area contributed by atoms with Crippen LogP contribution >= 0.6 is 0 Å². The molecular weight excluding hydrogens is 244 g/mol. The lowest BCUT2D eigenvalue weighted by molar-refractivity contribution is 0.332. The van der Waals surface area contributed by atoms with Gasteiger partial charge in [-0.2, -0.15) is 4.98 Å². The Morgan fingerprint density at radius 3 is 2.53 bits per heavy atom. The molecule has 3 N–H and O–H groups in total. The highest BCUT2D eigenvalue weighted by molar-refractivity contribution is 7.88. The van der Waals surface area contributed by atoms with Crippen LogP contribution in [0.5, 0.6) is 0 Å². The summed E-state index contributed by atoms with van der Waals surface area (Å²) in [4.78, 5) is 4.17. The first kappa shape index (κ1) is 12.5. The molecule has 1 saturated carbocycles. The summed E-state index contributed by atoms with van der Waals surface area (Å²) in [5, 5.41) is 3.79. The molecule has 1 aromatic heterocycles. The molecule has 0 aliphatic heterocycles. The van der Waals surface area contributed by atoms with E-state index in [1.54, 1.807) is 13.8 Å². The molecule has 0 amide bonds. The van der Waals surface area contributed by atoms with Crippen LogP contribution < -0.4 is 10.5 Å². The van der Waals surface area contributed by atoms with Gasteiger partial charge in [0, 0.05) is 0 Å². The van der Waals surface area contributed by atoms with Gasteiger partial charge in [-0.25, -0.2) is 13.1 Å². The minimum atomic E-state index is -3.34. The lowest BCUT2D eigenvalue weighted by atomic mass is 10.1. The Morgan fingerprint density at radius 2 is 2.06 bits per heavy atom. The van der Waals surface area contributed by atoms with Crippen LogP contribution in [-0.2, 0) is 21.1 Å². The third-order valence-corrected chi connectivity index (χ3v) is 3.52. The molecule has 1 aromatic rings. The van der Waals surface area contributed by atoms with E-state index < -0.39 is 21.1 Å². The molecule has 7 nitrogen and oxygen atoms in total. The minimum absolute atomic E-state index is 0.287. The summed E-state index contributed by atoms with van der Waals surface area (Å²) < 4.78 is 29.9. The fraction of sp³-hybridized carbons (Fsp3) is 0.778. The van der Waals surface area contributed by atoms with Gasteiger partial charge in [0.05, 0.1) is 17.3 Å². The topological polar surface area (TPSA) is 111 Å². The van der Waals surface area contributed by atoms with E-state index >= 15 is 0 Å². The first-order chi connectivity index (χ1) is 7.62. The predicted molar refractivity (Wildman–Crippen MR) is 60.4 cm³/mol. The zero-order valence-corrected chi connectivity index (χ0v) is 10.8. The van der Waals surface area contributed by atoms with Crippen LogP contribution in [-0.4, -0.2) is 24.8 Å². The van der Waals surface area contributed by atoms with Crippen LogP contribution in [0.1, 0.15) is 38.4 Å². The lowest BCUT2D eigenvalue weighted by Crippen LogP contribution is -2.41. The number of nitrogens with one attached hydrogen (secondary N) is 1. The minimum Gasteiger partial charge on any atom is -0.337 e. The predicted octanol–water partition coefficient (Wildman–Crippen LogP) is -0.198. The van der Waals surface area contributed by atoms with Crippen molar-refractivity contribution < 1.29 is 12.9 Å². The van der Waals surface area contributed by atoms with Gasteiger partial charge < -0.3 is 10.3 Å². The highest BCUT2D eigenvalue weighted by Crippen LogP contribution is 2.41. The maximum absolute atomic E-state index is 11.2. The van der Waals surface area contributed by atoms with Crippen molar-refractivity contribution in [2.75, 3.05) is 6.26 Å². The van der Waals surface area contributed by atoms with Crippen LogP contribution in [0.3, 0.4) is 0 Å². The van der Waals surface area contributed by atoms with Gasteiger partial charge in [-0.05, 0) is 26.7 Å². The van der Waals surface area contributed by atoms with E-state index in [4.69, 9.17) is 10.3 Å². The molecule has 17 heavy (non-hydrogen) atoms. The average Bonchev–Trinajstić information content (AvgIpc) is 2.70.